The van der Waals surface area contributed by atoms with E-state index in [1.807, 2.05) is 0 Å². The molecule has 0 aliphatic heterocycles. The minimum atomic E-state index is -1.11. The van der Waals surface area contributed by atoms with E-state index in [1.54, 1.807) is 25.1 Å². The third-order valence-electron chi connectivity index (χ3n) is 4.58. The average Bonchev–Trinajstić information content (AvgIpc) is 2.74. The van der Waals surface area contributed by atoms with Gasteiger partial charge in [-0.15, -0.1) is 0 Å². The molecule has 1 atom stereocenters. The standard InChI is InChI=1S/C23H18ClF2NO4/c1-13(17-4-2-3-5-18(17)23(29)30)27-22(28)19-11-15(24)6-9-21(19)31-12-14-10-16(25)7-8-20(14)26/h2-11,13H,12H2,1H3,(H,27,28)(H,29,30)/t13-/m0/s1. The van der Waals surface area contributed by atoms with Crippen molar-refractivity contribution in [2.75, 3.05) is 0 Å². The molecule has 5 nitrogen and oxygen atoms in total. The third kappa shape index (κ3) is 5.38. The first-order valence-corrected chi connectivity index (χ1v) is 9.63. The van der Waals surface area contributed by atoms with Crippen LogP contribution in [-0.4, -0.2) is 17.0 Å². The number of carbonyl (C=O) groups excluding carboxylic acids is 1. The van der Waals surface area contributed by atoms with Crippen molar-refractivity contribution in [3.63, 3.8) is 0 Å². The summed E-state index contributed by atoms with van der Waals surface area (Å²) in [6, 6.07) is 13.0. The number of carbonyl (C=O) groups is 2. The molecule has 0 fully saturated rings. The van der Waals surface area contributed by atoms with Crippen LogP contribution in [-0.2, 0) is 6.61 Å². The largest absolute Gasteiger partial charge is 0.488 e. The molecular weight excluding hydrogens is 428 g/mol. The van der Waals surface area contributed by atoms with Crippen molar-refractivity contribution >= 4 is 23.5 Å². The summed E-state index contributed by atoms with van der Waals surface area (Å²) in [7, 11) is 0. The second-order valence-corrected chi connectivity index (χ2v) is 7.19. The first kappa shape index (κ1) is 22.2. The SMILES string of the molecule is C[C@H](NC(=O)c1cc(Cl)ccc1OCc1cc(F)ccc1F)c1ccccc1C(=O)O. The molecule has 0 aromatic heterocycles. The molecule has 31 heavy (non-hydrogen) atoms. The molecule has 3 rings (SSSR count). The van der Waals surface area contributed by atoms with E-state index in [-0.39, 0.29) is 34.1 Å². The van der Waals surface area contributed by atoms with E-state index < -0.39 is 29.6 Å². The Hall–Kier alpha value is -3.45. The van der Waals surface area contributed by atoms with Crippen LogP contribution in [0.3, 0.4) is 0 Å². The number of rotatable bonds is 7. The number of aromatic carboxylic acids is 1. The van der Waals surface area contributed by atoms with Crippen LogP contribution in [0.25, 0.3) is 0 Å². The van der Waals surface area contributed by atoms with Crippen LogP contribution >= 0.6 is 11.6 Å². The van der Waals surface area contributed by atoms with Crippen LogP contribution in [0.1, 0.15) is 44.8 Å². The van der Waals surface area contributed by atoms with E-state index in [2.05, 4.69) is 5.32 Å². The van der Waals surface area contributed by atoms with E-state index in [9.17, 15) is 23.5 Å². The number of amides is 1. The molecule has 0 saturated carbocycles. The van der Waals surface area contributed by atoms with Crippen molar-refractivity contribution in [3.05, 3.63) is 99.6 Å². The molecule has 0 unspecified atom stereocenters. The highest BCUT2D eigenvalue weighted by molar-refractivity contribution is 6.31. The second kappa shape index (κ2) is 9.57. The van der Waals surface area contributed by atoms with Gasteiger partial charge in [0, 0.05) is 10.6 Å². The van der Waals surface area contributed by atoms with Crippen LogP contribution in [0, 0.1) is 11.6 Å². The van der Waals surface area contributed by atoms with Gasteiger partial charge in [-0.2, -0.15) is 0 Å². The van der Waals surface area contributed by atoms with E-state index in [0.717, 1.165) is 18.2 Å². The molecule has 2 N–H and O–H groups in total. The highest BCUT2D eigenvalue weighted by Crippen LogP contribution is 2.26. The van der Waals surface area contributed by atoms with Crippen LogP contribution < -0.4 is 10.1 Å². The summed E-state index contributed by atoms with van der Waals surface area (Å²) in [5, 5.41) is 12.3. The zero-order valence-corrected chi connectivity index (χ0v) is 17.1. The number of carboxylic acid groups (broad SMARTS) is 1. The summed E-state index contributed by atoms with van der Waals surface area (Å²) >= 11 is 6.02. The monoisotopic (exact) mass is 445 g/mol. The maximum atomic E-state index is 13.9. The predicted octanol–water partition coefficient (Wildman–Crippen LogP) is 5.39. The number of hydrogen-bond donors (Lipinski definition) is 2. The maximum absolute atomic E-state index is 13.9. The van der Waals surface area contributed by atoms with Crippen molar-refractivity contribution < 1.29 is 28.2 Å². The summed E-state index contributed by atoms with van der Waals surface area (Å²) in [4.78, 5) is 24.3. The Kier molecular flexibility index (Phi) is 6.87. The summed E-state index contributed by atoms with van der Waals surface area (Å²) in [5.74, 6) is -2.81. The Bertz CT molecular complexity index is 1140. The van der Waals surface area contributed by atoms with Crippen LogP contribution in [0.5, 0.6) is 5.75 Å². The van der Waals surface area contributed by atoms with Crippen LogP contribution in [0.4, 0.5) is 8.78 Å². The van der Waals surface area contributed by atoms with Gasteiger partial charge in [-0.25, -0.2) is 13.6 Å². The summed E-state index contributed by atoms with van der Waals surface area (Å²) in [5.41, 5.74) is 0.558. The smallest absolute Gasteiger partial charge is 0.336 e. The van der Waals surface area contributed by atoms with Gasteiger partial charge in [0.05, 0.1) is 17.2 Å². The lowest BCUT2D eigenvalue weighted by Gasteiger charge is -2.18. The lowest BCUT2D eigenvalue weighted by Crippen LogP contribution is -2.28. The molecule has 0 bridgehead atoms. The molecule has 0 aliphatic carbocycles. The Morgan fingerprint density at radius 1 is 1.06 bits per heavy atom. The Labute approximate surface area is 182 Å². The molecule has 0 heterocycles. The highest BCUT2D eigenvalue weighted by atomic mass is 35.5. The first-order valence-electron chi connectivity index (χ1n) is 9.25. The van der Waals surface area contributed by atoms with Crippen LogP contribution in [0.15, 0.2) is 60.7 Å². The Morgan fingerprint density at radius 2 is 1.81 bits per heavy atom. The average molecular weight is 446 g/mol. The van der Waals surface area contributed by atoms with Gasteiger partial charge in [-0.3, -0.25) is 4.79 Å². The fourth-order valence-corrected chi connectivity index (χ4v) is 3.21. The molecule has 0 spiro atoms. The molecule has 160 valence electrons. The van der Waals surface area contributed by atoms with Gasteiger partial charge in [0.1, 0.15) is 24.0 Å². The topological polar surface area (TPSA) is 75.6 Å². The lowest BCUT2D eigenvalue weighted by molar-refractivity contribution is 0.0693. The van der Waals surface area contributed by atoms with E-state index in [4.69, 9.17) is 16.3 Å². The molecule has 0 radical (unpaired) electrons. The number of nitrogens with one attached hydrogen (secondary N) is 1. The van der Waals surface area contributed by atoms with Gasteiger partial charge in [0.25, 0.3) is 5.91 Å². The Balaban J connectivity index is 1.82. The minimum Gasteiger partial charge on any atom is -0.488 e. The molecular formula is C23H18ClF2NO4. The molecule has 0 aliphatic rings. The van der Waals surface area contributed by atoms with Crippen molar-refractivity contribution in [1.29, 1.82) is 0 Å². The highest BCUT2D eigenvalue weighted by Gasteiger charge is 2.20. The zero-order valence-electron chi connectivity index (χ0n) is 16.4. The van der Waals surface area contributed by atoms with Gasteiger partial charge < -0.3 is 15.2 Å². The third-order valence-corrected chi connectivity index (χ3v) is 4.82. The minimum absolute atomic E-state index is 0.00920. The fraction of sp³-hybridized carbons (Fsp3) is 0.130. The number of carboxylic acids is 1. The predicted molar refractivity (Wildman–Crippen MR) is 111 cm³/mol. The summed E-state index contributed by atoms with van der Waals surface area (Å²) in [6.45, 7) is 1.34. The molecule has 0 saturated heterocycles. The summed E-state index contributed by atoms with van der Waals surface area (Å²) in [6.07, 6.45) is 0. The van der Waals surface area contributed by atoms with Crippen molar-refractivity contribution in [2.45, 2.75) is 19.6 Å². The first-order chi connectivity index (χ1) is 14.8. The number of hydrogen-bond acceptors (Lipinski definition) is 3. The quantitative estimate of drug-likeness (QED) is 0.511. The van der Waals surface area contributed by atoms with Crippen molar-refractivity contribution in [3.8, 4) is 5.75 Å². The molecule has 3 aromatic rings. The van der Waals surface area contributed by atoms with E-state index in [0.29, 0.717) is 5.56 Å². The van der Waals surface area contributed by atoms with E-state index >= 15 is 0 Å². The fourth-order valence-electron chi connectivity index (χ4n) is 3.04. The number of ether oxygens (including phenoxy) is 1. The van der Waals surface area contributed by atoms with Crippen LogP contribution in [0.2, 0.25) is 5.02 Å². The van der Waals surface area contributed by atoms with Gasteiger partial charge in [-0.1, -0.05) is 29.8 Å². The second-order valence-electron chi connectivity index (χ2n) is 6.75. The number of benzene rings is 3. The van der Waals surface area contributed by atoms with Crippen molar-refractivity contribution in [2.24, 2.45) is 0 Å². The normalized spacial score (nSPS) is 11.6. The summed E-state index contributed by atoms with van der Waals surface area (Å²) < 4.78 is 32.8. The molecule has 8 heteroatoms. The molecule has 1 amide bonds. The Morgan fingerprint density at radius 3 is 2.55 bits per heavy atom. The van der Waals surface area contributed by atoms with Gasteiger partial charge in [0.2, 0.25) is 0 Å². The van der Waals surface area contributed by atoms with Gasteiger partial charge in [0.15, 0.2) is 0 Å². The van der Waals surface area contributed by atoms with Crippen molar-refractivity contribution in [1.82, 2.24) is 5.32 Å². The number of halogens is 3. The van der Waals surface area contributed by atoms with Gasteiger partial charge >= 0.3 is 5.97 Å². The molecule has 3 aromatic carbocycles. The van der Waals surface area contributed by atoms with Gasteiger partial charge in [-0.05, 0) is 55.0 Å². The van der Waals surface area contributed by atoms with E-state index in [1.165, 1.54) is 24.3 Å². The zero-order chi connectivity index (χ0) is 22.5. The lowest BCUT2D eigenvalue weighted by atomic mass is 10.0. The maximum Gasteiger partial charge on any atom is 0.336 e.